The highest BCUT2D eigenvalue weighted by molar-refractivity contribution is 7.80. The topological polar surface area (TPSA) is 50.8 Å². The van der Waals surface area contributed by atoms with Gasteiger partial charge in [-0.3, -0.25) is 4.90 Å². The van der Waals surface area contributed by atoms with Gasteiger partial charge in [-0.05, 0) is 61.8 Å². The molecule has 0 unspecified atom stereocenters. The third kappa shape index (κ3) is 3.45. The Bertz CT molecular complexity index is 829. The Balaban J connectivity index is 2.07. The van der Waals surface area contributed by atoms with Crippen molar-refractivity contribution in [2.45, 2.75) is 19.9 Å². The lowest BCUT2D eigenvalue weighted by atomic mass is 10.0. The van der Waals surface area contributed by atoms with Gasteiger partial charge in [-0.1, -0.05) is 6.07 Å². The minimum atomic E-state index is -0.336. The van der Waals surface area contributed by atoms with Crippen molar-refractivity contribution in [3.63, 3.8) is 0 Å². The van der Waals surface area contributed by atoms with Gasteiger partial charge in [0.05, 0.1) is 25.3 Å². The van der Waals surface area contributed by atoms with Gasteiger partial charge in [0.15, 0.2) is 5.11 Å². The van der Waals surface area contributed by atoms with Gasteiger partial charge in [0.1, 0.15) is 5.75 Å². The maximum atomic E-state index is 12.7. The summed E-state index contributed by atoms with van der Waals surface area (Å²) in [4.78, 5) is 15.6. The van der Waals surface area contributed by atoms with Crippen LogP contribution in [0.3, 0.4) is 0 Å². The number of nitrogens with one attached hydrogen (secondary N) is 1. The van der Waals surface area contributed by atoms with Crippen LogP contribution in [0.1, 0.15) is 24.8 Å². The highest BCUT2D eigenvalue weighted by atomic mass is 32.1. The average molecular weight is 389 g/mol. The molecule has 26 heavy (non-hydrogen) atoms. The molecule has 0 bridgehead atoms. The van der Waals surface area contributed by atoms with Crippen LogP contribution in [0.15, 0.2) is 53.0 Å². The second-order valence-corrected chi connectivity index (χ2v) is 7.02. The Kier molecular flexibility index (Phi) is 5.58. The molecule has 7 heteroatoms. The lowest BCUT2D eigenvalue weighted by molar-refractivity contribution is -0.139. The van der Waals surface area contributed by atoms with E-state index in [-0.39, 0.29) is 12.0 Å². The number of carbonyl (C=O) groups is 1. The van der Waals surface area contributed by atoms with Crippen molar-refractivity contribution in [1.82, 2.24) is 5.32 Å². The van der Waals surface area contributed by atoms with Crippen LogP contribution in [0.25, 0.3) is 0 Å². The number of methoxy groups -OCH3 is 1. The lowest BCUT2D eigenvalue weighted by Gasteiger charge is -2.37. The molecule has 1 aliphatic rings. The van der Waals surface area contributed by atoms with Crippen molar-refractivity contribution in [2.75, 3.05) is 18.6 Å². The van der Waals surface area contributed by atoms with E-state index in [1.165, 1.54) is 0 Å². The number of hydrogen-bond donors (Lipinski definition) is 1. The smallest absolute Gasteiger partial charge is 0.338 e. The fraction of sp³-hybridized carbons (Fsp3) is 0.263. The number of allylic oxidation sites excluding steroid dienone is 1. The van der Waals surface area contributed by atoms with Crippen molar-refractivity contribution < 1.29 is 14.3 Å². The third-order valence-corrected chi connectivity index (χ3v) is 5.38. The molecule has 1 atom stereocenters. The first-order valence-electron chi connectivity index (χ1n) is 8.22. The number of rotatable bonds is 5. The summed E-state index contributed by atoms with van der Waals surface area (Å²) in [7, 11) is 1.62. The monoisotopic (exact) mass is 388 g/mol. The molecule has 0 saturated carbocycles. The molecule has 2 aromatic rings. The molecule has 1 aromatic heterocycles. The molecule has 1 N–H and O–H groups in total. The van der Waals surface area contributed by atoms with Gasteiger partial charge >= 0.3 is 5.97 Å². The number of anilines is 1. The van der Waals surface area contributed by atoms with Gasteiger partial charge in [-0.25, -0.2) is 4.79 Å². The molecule has 0 spiro atoms. The Hall–Kier alpha value is -2.38. The van der Waals surface area contributed by atoms with Gasteiger partial charge < -0.3 is 14.8 Å². The summed E-state index contributed by atoms with van der Waals surface area (Å²) in [6.07, 6.45) is 0. The average Bonchev–Trinajstić information content (AvgIpc) is 3.16. The molecule has 5 nitrogen and oxygen atoms in total. The number of carbonyl (C=O) groups excluding carboxylic acids is 1. The molecule has 0 saturated heterocycles. The SMILES string of the molecule is CCOC(=O)C1=C(C)N(c2ccc(OC)cc2)C(=S)N[C@@H]1c1cccs1. The minimum absolute atomic E-state index is 0.309. The van der Waals surface area contributed by atoms with E-state index in [0.717, 1.165) is 22.0 Å². The molecule has 0 aliphatic carbocycles. The molecule has 0 radical (unpaired) electrons. The van der Waals surface area contributed by atoms with E-state index >= 15 is 0 Å². The summed E-state index contributed by atoms with van der Waals surface area (Å²) < 4.78 is 10.5. The van der Waals surface area contributed by atoms with Gasteiger partial charge in [-0.2, -0.15) is 0 Å². The maximum Gasteiger partial charge on any atom is 0.338 e. The highest BCUT2D eigenvalue weighted by Gasteiger charge is 2.35. The van der Waals surface area contributed by atoms with E-state index in [2.05, 4.69) is 5.32 Å². The summed E-state index contributed by atoms with van der Waals surface area (Å²) in [5.74, 6) is 0.422. The predicted molar refractivity (Wildman–Crippen MR) is 108 cm³/mol. The van der Waals surface area contributed by atoms with Crippen LogP contribution < -0.4 is 15.0 Å². The van der Waals surface area contributed by atoms with Crippen LogP contribution >= 0.6 is 23.6 Å². The van der Waals surface area contributed by atoms with Crippen molar-refractivity contribution in [3.05, 3.63) is 57.9 Å². The molecule has 0 fully saturated rings. The van der Waals surface area contributed by atoms with E-state index in [0.29, 0.717) is 17.3 Å². The summed E-state index contributed by atoms with van der Waals surface area (Å²) in [5.41, 5.74) is 2.18. The molecule has 0 amide bonds. The molecular weight excluding hydrogens is 368 g/mol. The first-order valence-corrected chi connectivity index (χ1v) is 9.51. The standard InChI is InChI=1S/C19H20N2O3S2/c1-4-24-18(22)16-12(2)21(13-7-9-14(23-3)10-8-13)19(25)20-17(16)15-6-5-11-26-15/h5-11,17H,4H2,1-3H3,(H,20,25)/t17-/m1/s1. The van der Waals surface area contributed by atoms with Crippen molar-refractivity contribution in [1.29, 1.82) is 0 Å². The second-order valence-electron chi connectivity index (χ2n) is 5.65. The normalized spacial score (nSPS) is 17.1. The van der Waals surface area contributed by atoms with Crippen molar-refractivity contribution in [3.8, 4) is 5.75 Å². The van der Waals surface area contributed by atoms with E-state index in [4.69, 9.17) is 21.7 Å². The molecule has 1 aromatic carbocycles. The summed E-state index contributed by atoms with van der Waals surface area (Å²) in [6.45, 7) is 4.01. The van der Waals surface area contributed by atoms with E-state index in [1.54, 1.807) is 25.4 Å². The highest BCUT2D eigenvalue weighted by Crippen LogP contribution is 2.36. The maximum absolute atomic E-state index is 12.7. The first-order chi connectivity index (χ1) is 12.6. The van der Waals surface area contributed by atoms with Gasteiger partial charge in [0.2, 0.25) is 0 Å². The predicted octanol–water partition coefficient (Wildman–Crippen LogP) is 4.03. The van der Waals surface area contributed by atoms with Crippen LogP contribution in [0.5, 0.6) is 5.75 Å². The Morgan fingerprint density at radius 1 is 1.31 bits per heavy atom. The fourth-order valence-corrected chi connectivity index (χ4v) is 4.07. The number of ether oxygens (including phenoxy) is 2. The van der Waals surface area contributed by atoms with Crippen molar-refractivity contribution in [2.24, 2.45) is 0 Å². The molecule has 3 rings (SSSR count). The lowest BCUT2D eigenvalue weighted by Crippen LogP contribution is -2.47. The fourth-order valence-electron chi connectivity index (χ4n) is 2.93. The quantitative estimate of drug-likeness (QED) is 0.617. The zero-order valence-corrected chi connectivity index (χ0v) is 16.4. The summed E-state index contributed by atoms with van der Waals surface area (Å²) >= 11 is 7.18. The zero-order chi connectivity index (χ0) is 18.7. The van der Waals surface area contributed by atoms with Crippen LogP contribution in [0, 0.1) is 0 Å². The van der Waals surface area contributed by atoms with Gasteiger partial charge in [0.25, 0.3) is 0 Å². The Morgan fingerprint density at radius 3 is 2.62 bits per heavy atom. The number of thiocarbonyl (C=S) groups is 1. The molecule has 2 heterocycles. The molecule has 1 aliphatic heterocycles. The number of esters is 1. The summed E-state index contributed by atoms with van der Waals surface area (Å²) in [6, 6.07) is 11.2. The van der Waals surface area contributed by atoms with E-state index in [9.17, 15) is 4.79 Å². The Morgan fingerprint density at radius 2 is 2.04 bits per heavy atom. The largest absolute Gasteiger partial charge is 0.497 e. The van der Waals surface area contributed by atoms with Crippen LogP contribution in [-0.4, -0.2) is 24.8 Å². The zero-order valence-electron chi connectivity index (χ0n) is 14.8. The molecule has 136 valence electrons. The molecular formula is C19H20N2O3S2. The van der Waals surface area contributed by atoms with E-state index < -0.39 is 0 Å². The number of thiophene rings is 1. The first kappa shape index (κ1) is 18.4. The van der Waals surface area contributed by atoms with Crippen LogP contribution in [-0.2, 0) is 9.53 Å². The summed E-state index contributed by atoms with van der Waals surface area (Å²) in [5, 5.41) is 5.81. The third-order valence-electron chi connectivity index (χ3n) is 4.14. The minimum Gasteiger partial charge on any atom is -0.497 e. The van der Waals surface area contributed by atoms with Gasteiger partial charge in [-0.15, -0.1) is 11.3 Å². The number of hydrogen-bond acceptors (Lipinski definition) is 5. The number of benzene rings is 1. The van der Waals surface area contributed by atoms with Crippen molar-refractivity contribution >= 4 is 40.3 Å². The van der Waals surface area contributed by atoms with Crippen LogP contribution in [0.2, 0.25) is 0 Å². The second kappa shape index (κ2) is 7.88. The Labute approximate surface area is 162 Å². The van der Waals surface area contributed by atoms with Gasteiger partial charge in [0, 0.05) is 16.3 Å². The van der Waals surface area contributed by atoms with Crippen LogP contribution in [0.4, 0.5) is 5.69 Å². The number of nitrogens with zero attached hydrogens (tertiary/aromatic N) is 1. The van der Waals surface area contributed by atoms with E-state index in [1.807, 2.05) is 53.6 Å².